The van der Waals surface area contributed by atoms with Crippen molar-refractivity contribution < 1.29 is 4.79 Å². The maximum Gasteiger partial charge on any atom is 0.228 e. The van der Waals surface area contributed by atoms with Crippen LogP contribution in [-0.4, -0.2) is 43.0 Å². The van der Waals surface area contributed by atoms with Crippen molar-refractivity contribution in [1.29, 1.82) is 0 Å². The number of aromatic amines is 1. The lowest BCUT2D eigenvalue weighted by Gasteiger charge is -2.11. The van der Waals surface area contributed by atoms with Gasteiger partial charge >= 0.3 is 0 Å². The lowest BCUT2D eigenvalue weighted by molar-refractivity contribution is -0.115. The van der Waals surface area contributed by atoms with Gasteiger partial charge in [0.25, 0.3) is 0 Å². The molecule has 5 nitrogen and oxygen atoms in total. The zero-order valence-electron chi connectivity index (χ0n) is 15.4. The third-order valence-corrected chi connectivity index (χ3v) is 4.31. The Balaban J connectivity index is 1.51. The summed E-state index contributed by atoms with van der Waals surface area (Å²) in [6.07, 6.45) is 3.36. The molecule has 0 fully saturated rings. The van der Waals surface area contributed by atoms with Gasteiger partial charge in [-0.15, -0.1) is 0 Å². The maximum atomic E-state index is 12.3. The lowest BCUT2D eigenvalue weighted by atomic mass is 10.1. The van der Waals surface area contributed by atoms with Crippen LogP contribution < -0.4 is 10.6 Å². The van der Waals surface area contributed by atoms with Crippen LogP contribution >= 0.6 is 0 Å². The molecule has 1 amide bonds. The predicted molar refractivity (Wildman–Crippen MR) is 109 cm³/mol. The van der Waals surface area contributed by atoms with Gasteiger partial charge in [-0.25, -0.2) is 0 Å². The highest BCUT2D eigenvalue weighted by molar-refractivity contribution is 5.95. The molecule has 1 heterocycles. The van der Waals surface area contributed by atoms with Gasteiger partial charge in [0.1, 0.15) is 0 Å². The summed E-state index contributed by atoms with van der Waals surface area (Å²) in [6.45, 7) is 2.00. The van der Waals surface area contributed by atoms with Gasteiger partial charge in [-0.3, -0.25) is 4.79 Å². The van der Waals surface area contributed by atoms with E-state index in [1.54, 1.807) is 0 Å². The van der Waals surface area contributed by atoms with Crippen LogP contribution in [-0.2, 0) is 11.2 Å². The number of benzene rings is 2. The molecular formula is C21H26N4O. The summed E-state index contributed by atoms with van der Waals surface area (Å²) in [7, 11) is 4.15. The van der Waals surface area contributed by atoms with Crippen LogP contribution in [0.5, 0.6) is 0 Å². The normalized spacial score (nSPS) is 11.0. The van der Waals surface area contributed by atoms with Gasteiger partial charge in [0.2, 0.25) is 5.91 Å². The molecule has 0 aliphatic carbocycles. The summed E-state index contributed by atoms with van der Waals surface area (Å²) in [5.41, 5.74) is 3.95. The Morgan fingerprint density at radius 1 is 1.04 bits per heavy atom. The molecular weight excluding hydrogens is 324 g/mol. The van der Waals surface area contributed by atoms with E-state index in [1.165, 1.54) is 0 Å². The number of H-pyrrole nitrogens is 1. The number of anilines is 2. The van der Waals surface area contributed by atoms with E-state index >= 15 is 0 Å². The first-order valence-electron chi connectivity index (χ1n) is 8.95. The quantitative estimate of drug-likeness (QED) is 0.543. The average Bonchev–Trinajstić information content (AvgIpc) is 3.03. The summed E-state index contributed by atoms with van der Waals surface area (Å²) < 4.78 is 0. The van der Waals surface area contributed by atoms with Crippen molar-refractivity contribution in [3.8, 4) is 0 Å². The van der Waals surface area contributed by atoms with Crippen molar-refractivity contribution >= 4 is 28.2 Å². The minimum absolute atomic E-state index is 0.0126. The second-order valence-corrected chi connectivity index (χ2v) is 6.75. The fourth-order valence-electron chi connectivity index (χ4n) is 2.96. The third-order valence-electron chi connectivity index (χ3n) is 4.31. The predicted octanol–water partition coefficient (Wildman–Crippen LogP) is 3.71. The fourth-order valence-corrected chi connectivity index (χ4v) is 2.96. The molecule has 2 aromatic carbocycles. The Bertz CT molecular complexity index is 852. The zero-order chi connectivity index (χ0) is 18.4. The number of para-hydroxylation sites is 1. The molecule has 0 aliphatic heterocycles. The van der Waals surface area contributed by atoms with Crippen LogP contribution in [0.1, 0.15) is 12.0 Å². The number of aromatic nitrogens is 1. The molecule has 0 aliphatic rings. The fraction of sp³-hybridized carbons (Fsp3) is 0.286. The van der Waals surface area contributed by atoms with Crippen LogP contribution in [0.25, 0.3) is 10.9 Å². The summed E-state index contributed by atoms with van der Waals surface area (Å²) in [6, 6.07) is 15.9. The highest BCUT2D eigenvalue weighted by Gasteiger charge is 2.08. The molecule has 0 saturated carbocycles. The Morgan fingerprint density at radius 3 is 2.54 bits per heavy atom. The van der Waals surface area contributed by atoms with Gasteiger partial charge in [-0.1, -0.05) is 18.2 Å². The summed E-state index contributed by atoms with van der Waals surface area (Å²) in [5, 5.41) is 7.46. The van der Waals surface area contributed by atoms with Crippen LogP contribution in [0.3, 0.4) is 0 Å². The molecule has 0 saturated heterocycles. The number of nitrogens with one attached hydrogen (secondary N) is 3. The van der Waals surface area contributed by atoms with Gasteiger partial charge < -0.3 is 20.5 Å². The molecule has 0 unspecified atom stereocenters. The first-order chi connectivity index (χ1) is 12.6. The average molecular weight is 350 g/mol. The molecule has 0 spiro atoms. The molecule has 26 heavy (non-hydrogen) atoms. The Labute approximate surface area is 154 Å². The van der Waals surface area contributed by atoms with E-state index in [4.69, 9.17) is 0 Å². The number of amides is 1. The summed E-state index contributed by atoms with van der Waals surface area (Å²) in [5.74, 6) is -0.0126. The second-order valence-electron chi connectivity index (χ2n) is 6.75. The molecule has 0 radical (unpaired) electrons. The van der Waals surface area contributed by atoms with E-state index in [9.17, 15) is 4.79 Å². The van der Waals surface area contributed by atoms with Crippen molar-refractivity contribution in [3.05, 3.63) is 60.3 Å². The van der Waals surface area contributed by atoms with Crippen molar-refractivity contribution in [2.75, 3.05) is 37.8 Å². The largest absolute Gasteiger partial charge is 0.385 e. The lowest BCUT2D eigenvalue weighted by Crippen LogP contribution is -2.16. The number of rotatable bonds is 8. The van der Waals surface area contributed by atoms with Crippen molar-refractivity contribution in [3.63, 3.8) is 0 Å². The van der Waals surface area contributed by atoms with E-state index in [2.05, 4.69) is 34.6 Å². The summed E-state index contributed by atoms with van der Waals surface area (Å²) >= 11 is 0. The van der Waals surface area contributed by atoms with E-state index in [-0.39, 0.29) is 5.91 Å². The second kappa shape index (κ2) is 8.54. The molecule has 0 bridgehead atoms. The molecule has 3 rings (SSSR count). The van der Waals surface area contributed by atoms with Crippen molar-refractivity contribution in [2.24, 2.45) is 0 Å². The van der Waals surface area contributed by atoms with Gasteiger partial charge in [0.05, 0.1) is 6.42 Å². The van der Waals surface area contributed by atoms with Crippen molar-refractivity contribution in [1.82, 2.24) is 9.88 Å². The van der Waals surface area contributed by atoms with E-state index in [1.807, 2.05) is 54.7 Å². The molecule has 136 valence electrons. The Morgan fingerprint density at radius 2 is 1.77 bits per heavy atom. The van der Waals surface area contributed by atoms with Gasteiger partial charge in [-0.2, -0.15) is 0 Å². The first-order valence-corrected chi connectivity index (χ1v) is 8.95. The minimum atomic E-state index is -0.0126. The summed E-state index contributed by atoms with van der Waals surface area (Å²) in [4.78, 5) is 17.7. The minimum Gasteiger partial charge on any atom is -0.385 e. The molecule has 3 aromatic rings. The Kier molecular flexibility index (Phi) is 5.92. The van der Waals surface area contributed by atoms with Crippen LogP contribution in [0.2, 0.25) is 0 Å². The van der Waals surface area contributed by atoms with Gasteiger partial charge in [-0.05, 0) is 63.0 Å². The smallest absolute Gasteiger partial charge is 0.228 e. The monoisotopic (exact) mass is 350 g/mol. The number of nitrogens with zero attached hydrogens (tertiary/aromatic N) is 1. The van der Waals surface area contributed by atoms with E-state index in [0.717, 1.165) is 47.4 Å². The maximum absolute atomic E-state index is 12.3. The Hall–Kier alpha value is -2.79. The number of hydrogen-bond acceptors (Lipinski definition) is 3. The third kappa shape index (κ3) is 4.86. The highest BCUT2D eigenvalue weighted by atomic mass is 16.1. The van der Waals surface area contributed by atoms with Crippen LogP contribution in [0.15, 0.2) is 54.7 Å². The van der Waals surface area contributed by atoms with Gasteiger partial charge in [0, 0.05) is 35.0 Å². The molecule has 5 heteroatoms. The van der Waals surface area contributed by atoms with E-state index < -0.39 is 0 Å². The van der Waals surface area contributed by atoms with E-state index in [0.29, 0.717) is 6.42 Å². The first kappa shape index (κ1) is 18.0. The van der Waals surface area contributed by atoms with Gasteiger partial charge in [0.15, 0.2) is 0 Å². The topological polar surface area (TPSA) is 60.2 Å². The molecule has 3 N–H and O–H groups in total. The van der Waals surface area contributed by atoms with Crippen molar-refractivity contribution in [2.45, 2.75) is 12.8 Å². The molecule has 1 aromatic heterocycles. The SMILES string of the molecule is CN(C)CCCNc1ccc(NC(=O)Cc2c[nH]c3ccccc23)cc1. The van der Waals surface area contributed by atoms with Crippen LogP contribution in [0.4, 0.5) is 11.4 Å². The molecule has 0 atom stereocenters. The highest BCUT2D eigenvalue weighted by Crippen LogP contribution is 2.19. The number of carbonyl (C=O) groups is 1. The number of carbonyl (C=O) groups excluding carboxylic acids is 1. The number of hydrogen-bond donors (Lipinski definition) is 3. The number of fused-ring (bicyclic) bond motifs is 1. The zero-order valence-corrected chi connectivity index (χ0v) is 15.4. The standard InChI is InChI=1S/C21H26N4O/c1-25(2)13-5-12-22-17-8-10-18(11-9-17)24-21(26)14-16-15-23-20-7-4-3-6-19(16)20/h3-4,6-11,15,22-23H,5,12-14H2,1-2H3,(H,24,26). The van der Waals surface area contributed by atoms with Crippen LogP contribution in [0, 0.1) is 0 Å².